The molecule has 2 heterocycles. The number of nitrogens with zero attached hydrogens (tertiary/aromatic N) is 2. The zero-order chi connectivity index (χ0) is 12.2. The fraction of sp³-hybridized carbons (Fsp3) is 0.500. The monoisotopic (exact) mass is 267 g/mol. The fourth-order valence-electron chi connectivity index (χ4n) is 2.00. The highest BCUT2D eigenvalue weighted by atomic mass is 35.5. The van der Waals surface area contributed by atoms with Crippen LogP contribution in [0, 0.1) is 12.3 Å². The van der Waals surface area contributed by atoms with Gasteiger partial charge >= 0.3 is 0 Å². The first-order valence-electron chi connectivity index (χ1n) is 5.66. The van der Waals surface area contributed by atoms with Crippen molar-refractivity contribution in [3.8, 4) is 0 Å². The number of aryl methyl sites for hydroxylation is 1. The first-order valence-corrected chi connectivity index (χ1v) is 6.85. The molecule has 2 aromatic rings. The highest BCUT2D eigenvalue weighted by molar-refractivity contribution is 7.18. The molecule has 5 heteroatoms. The third-order valence-electron chi connectivity index (χ3n) is 3.31. The lowest BCUT2D eigenvalue weighted by atomic mass is 10.2. The second-order valence-corrected chi connectivity index (χ2v) is 6.88. The molecule has 90 valence electrons. The van der Waals surface area contributed by atoms with E-state index in [-0.39, 0.29) is 0 Å². The molecule has 1 unspecified atom stereocenters. The molecule has 2 aromatic heterocycles. The lowest BCUT2D eigenvalue weighted by molar-refractivity contribution is 0.630. The van der Waals surface area contributed by atoms with Crippen molar-refractivity contribution in [2.75, 3.05) is 5.32 Å². The lowest BCUT2D eigenvalue weighted by Crippen LogP contribution is -2.10. The van der Waals surface area contributed by atoms with Crippen LogP contribution in [0.1, 0.15) is 25.1 Å². The third kappa shape index (κ3) is 2.00. The second kappa shape index (κ2) is 3.56. The summed E-state index contributed by atoms with van der Waals surface area (Å²) in [6, 6.07) is 2.62. The van der Waals surface area contributed by atoms with E-state index < -0.39 is 0 Å². The van der Waals surface area contributed by atoms with Crippen LogP contribution < -0.4 is 5.32 Å². The van der Waals surface area contributed by atoms with E-state index in [1.807, 2.05) is 0 Å². The minimum Gasteiger partial charge on any atom is -0.366 e. The standard InChI is InChI=1S/C12H14ClN3S/c1-6-4-7-9(14-8-5-12(8,2)3)15-11(13)16-10(7)17-6/h4,8H,5H2,1-3H3,(H,14,15,16). The molecule has 1 aliphatic carbocycles. The van der Waals surface area contributed by atoms with E-state index in [0.29, 0.717) is 16.7 Å². The molecule has 3 rings (SSSR count). The van der Waals surface area contributed by atoms with Gasteiger partial charge in [0.2, 0.25) is 5.28 Å². The van der Waals surface area contributed by atoms with Crippen LogP contribution in [0.3, 0.4) is 0 Å². The molecule has 0 aliphatic heterocycles. The van der Waals surface area contributed by atoms with Crippen molar-refractivity contribution >= 4 is 39.0 Å². The minimum absolute atomic E-state index is 0.320. The van der Waals surface area contributed by atoms with Gasteiger partial charge in [-0.05, 0) is 36.4 Å². The zero-order valence-electron chi connectivity index (χ0n) is 10.0. The van der Waals surface area contributed by atoms with Crippen molar-refractivity contribution in [1.82, 2.24) is 9.97 Å². The Labute approximate surface area is 109 Å². The minimum atomic E-state index is 0.320. The molecule has 1 saturated carbocycles. The van der Waals surface area contributed by atoms with E-state index in [1.54, 1.807) is 11.3 Å². The summed E-state index contributed by atoms with van der Waals surface area (Å²) in [4.78, 5) is 10.8. The summed E-state index contributed by atoms with van der Waals surface area (Å²) in [5, 5.41) is 4.88. The highest BCUT2D eigenvalue weighted by Crippen LogP contribution is 2.47. The van der Waals surface area contributed by atoms with Crippen molar-refractivity contribution in [2.45, 2.75) is 33.2 Å². The third-order valence-corrected chi connectivity index (χ3v) is 4.43. The zero-order valence-corrected chi connectivity index (χ0v) is 11.6. The number of rotatable bonds is 2. The number of halogens is 1. The summed E-state index contributed by atoms with van der Waals surface area (Å²) in [5.41, 5.74) is 0.370. The van der Waals surface area contributed by atoms with Gasteiger partial charge < -0.3 is 5.32 Å². The van der Waals surface area contributed by atoms with Gasteiger partial charge in [-0.1, -0.05) is 13.8 Å². The molecule has 1 aliphatic rings. The van der Waals surface area contributed by atoms with Crippen molar-refractivity contribution < 1.29 is 0 Å². The Kier molecular flexibility index (Phi) is 2.35. The van der Waals surface area contributed by atoms with Gasteiger partial charge in [-0.2, -0.15) is 0 Å². The molecule has 0 bridgehead atoms. The maximum Gasteiger partial charge on any atom is 0.225 e. The Bertz CT molecular complexity index is 591. The van der Waals surface area contributed by atoms with Gasteiger partial charge in [-0.3, -0.25) is 0 Å². The van der Waals surface area contributed by atoms with Crippen LogP contribution in [0.4, 0.5) is 5.82 Å². The van der Waals surface area contributed by atoms with Gasteiger partial charge in [0, 0.05) is 10.9 Å². The van der Waals surface area contributed by atoms with Gasteiger partial charge in [0.1, 0.15) is 10.6 Å². The molecular formula is C12H14ClN3S. The molecule has 0 spiro atoms. The fourth-order valence-corrected chi connectivity index (χ4v) is 3.10. The Balaban J connectivity index is 2.02. The summed E-state index contributed by atoms with van der Waals surface area (Å²) >= 11 is 7.60. The Hall–Kier alpha value is -0.870. The lowest BCUT2D eigenvalue weighted by Gasteiger charge is -2.08. The van der Waals surface area contributed by atoms with Gasteiger partial charge in [-0.25, -0.2) is 9.97 Å². The van der Waals surface area contributed by atoms with E-state index in [9.17, 15) is 0 Å². The number of anilines is 1. The van der Waals surface area contributed by atoms with Gasteiger partial charge in [0.05, 0.1) is 5.39 Å². The molecule has 0 saturated heterocycles. The summed E-state index contributed by atoms with van der Waals surface area (Å²) in [5.74, 6) is 0.875. The van der Waals surface area contributed by atoms with Crippen LogP contribution in [0.5, 0.6) is 0 Å². The normalized spacial score (nSPS) is 21.8. The number of aromatic nitrogens is 2. The molecule has 0 amide bonds. The molecule has 3 nitrogen and oxygen atoms in total. The number of thiophene rings is 1. The smallest absolute Gasteiger partial charge is 0.225 e. The van der Waals surface area contributed by atoms with Gasteiger partial charge in [-0.15, -0.1) is 11.3 Å². The second-order valence-electron chi connectivity index (χ2n) is 5.31. The average Bonchev–Trinajstić information content (AvgIpc) is 2.64. The van der Waals surface area contributed by atoms with Crippen molar-refractivity contribution in [3.63, 3.8) is 0 Å². The summed E-state index contributed by atoms with van der Waals surface area (Å²) in [7, 11) is 0. The molecule has 0 radical (unpaired) electrons. The van der Waals surface area contributed by atoms with Crippen molar-refractivity contribution in [3.05, 3.63) is 16.2 Å². The number of hydrogen-bond donors (Lipinski definition) is 1. The number of hydrogen-bond acceptors (Lipinski definition) is 4. The largest absolute Gasteiger partial charge is 0.366 e. The van der Waals surface area contributed by atoms with E-state index >= 15 is 0 Å². The summed E-state index contributed by atoms with van der Waals surface area (Å²) in [6.45, 7) is 6.58. The predicted octanol–water partition coefficient (Wildman–Crippen LogP) is 3.86. The van der Waals surface area contributed by atoms with E-state index in [1.165, 1.54) is 11.3 Å². The summed E-state index contributed by atoms with van der Waals surface area (Å²) < 4.78 is 0. The Morgan fingerprint density at radius 2 is 2.18 bits per heavy atom. The number of nitrogens with one attached hydrogen (secondary N) is 1. The van der Waals surface area contributed by atoms with Crippen LogP contribution in [-0.4, -0.2) is 16.0 Å². The maximum absolute atomic E-state index is 5.95. The molecule has 1 N–H and O–H groups in total. The van der Waals surface area contributed by atoms with Crippen molar-refractivity contribution in [2.24, 2.45) is 5.41 Å². The molecule has 1 fully saturated rings. The van der Waals surface area contributed by atoms with Crippen LogP contribution >= 0.6 is 22.9 Å². The van der Waals surface area contributed by atoms with Crippen LogP contribution in [0.25, 0.3) is 10.2 Å². The molecule has 17 heavy (non-hydrogen) atoms. The molecular weight excluding hydrogens is 254 g/mol. The molecule has 0 aromatic carbocycles. The Morgan fingerprint density at radius 1 is 1.47 bits per heavy atom. The SMILES string of the molecule is Cc1cc2c(NC3CC3(C)C)nc(Cl)nc2s1. The quantitative estimate of drug-likeness (QED) is 0.840. The maximum atomic E-state index is 5.95. The first kappa shape index (κ1) is 11.2. The average molecular weight is 268 g/mol. The van der Waals surface area contributed by atoms with E-state index in [0.717, 1.165) is 16.0 Å². The predicted molar refractivity (Wildman–Crippen MR) is 73.0 cm³/mol. The van der Waals surface area contributed by atoms with Crippen LogP contribution in [-0.2, 0) is 0 Å². The number of fused-ring (bicyclic) bond motifs is 1. The van der Waals surface area contributed by atoms with Crippen LogP contribution in [0.2, 0.25) is 5.28 Å². The van der Waals surface area contributed by atoms with Crippen LogP contribution in [0.15, 0.2) is 6.07 Å². The van der Waals surface area contributed by atoms with Gasteiger partial charge in [0.15, 0.2) is 0 Å². The Morgan fingerprint density at radius 3 is 2.82 bits per heavy atom. The van der Waals surface area contributed by atoms with E-state index in [2.05, 4.69) is 42.1 Å². The van der Waals surface area contributed by atoms with Crippen molar-refractivity contribution in [1.29, 1.82) is 0 Å². The molecule has 1 atom stereocenters. The highest BCUT2D eigenvalue weighted by Gasteiger charge is 2.46. The van der Waals surface area contributed by atoms with Gasteiger partial charge in [0.25, 0.3) is 0 Å². The van der Waals surface area contributed by atoms with E-state index in [4.69, 9.17) is 11.6 Å². The topological polar surface area (TPSA) is 37.8 Å². The summed E-state index contributed by atoms with van der Waals surface area (Å²) in [6.07, 6.45) is 1.18. The first-order chi connectivity index (χ1) is 7.95.